The summed E-state index contributed by atoms with van der Waals surface area (Å²) in [5.74, 6) is 0. The minimum absolute atomic E-state index is 0.315. The zero-order valence-electron chi connectivity index (χ0n) is 15.4. The fraction of sp³-hybridized carbons (Fsp3) is 0.190. The number of nitrogens with one attached hydrogen (secondary N) is 2. The van der Waals surface area contributed by atoms with E-state index in [1.165, 1.54) is 0 Å². The molecule has 0 atom stereocenters. The predicted octanol–water partition coefficient (Wildman–Crippen LogP) is 2.21. The topological polar surface area (TPSA) is 102 Å². The number of nitrogens with zero attached hydrogens (tertiary/aromatic N) is 3. The van der Waals surface area contributed by atoms with E-state index in [1.807, 2.05) is 48.7 Å². The molecule has 0 fully saturated rings. The van der Waals surface area contributed by atoms with Crippen molar-refractivity contribution >= 4 is 11.0 Å². The molecule has 4 aromatic rings. The summed E-state index contributed by atoms with van der Waals surface area (Å²) < 4.78 is 1.57. The highest BCUT2D eigenvalue weighted by Crippen LogP contribution is 2.22. The molecule has 0 aliphatic carbocycles. The maximum atomic E-state index is 12.5. The number of hydrogen-bond donors (Lipinski definition) is 3. The van der Waals surface area contributed by atoms with E-state index in [-0.39, 0.29) is 5.69 Å². The van der Waals surface area contributed by atoms with Gasteiger partial charge in [0.15, 0.2) is 0 Å². The van der Waals surface area contributed by atoms with Gasteiger partial charge in [-0.25, -0.2) is 4.79 Å². The lowest BCUT2D eigenvalue weighted by atomic mass is 10.2. The van der Waals surface area contributed by atoms with Crippen LogP contribution in [0.15, 0.2) is 65.8 Å². The Morgan fingerprint density at radius 3 is 2.64 bits per heavy atom. The van der Waals surface area contributed by atoms with Crippen LogP contribution in [-0.2, 0) is 6.54 Å². The van der Waals surface area contributed by atoms with Gasteiger partial charge in [-0.3, -0.25) is 9.55 Å². The Balaban J connectivity index is 1.60. The zero-order chi connectivity index (χ0) is 19.3. The molecule has 0 amide bonds. The summed E-state index contributed by atoms with van der Waals surface area (Å²) in [5.41, 5.74) is 9.61. The average Bonchev–Trinajstić information content (AvgIpc) is 3.15. The minimum Gasteiger partial charge on any atom is -0.339 e. The van der Waals surface area contributed by atoms with Gasteiger partial charge in [0.2, 0.25) is 0 Å². The van der Waals surface area contributed by atoms with Crippen LogP contribution in [0, 0.1) is 0 Å². The van der Waals surface area contributed by atoms with Crippen LogP contribution >= 0.6 is 0 Å². The van der Waals surface area contributed by atoms with Crippen molar-refractivity contribution in [3.63, 3.8) is 0 Å². The third-order valence-electron chi connectivity index (χ3n) is 4.60. The molecule has 4 rings (SSSR count). The van der Waals surface area contributed by atoms with Crippen LogP contribution in [0.4, 0.5) is 0 Å². The Morgan fingerprint density at radius 2 is 1.89 bits per heavy atom. The second-order valence-corrected chi connectivity index (χ2v) is 6.60. The van der Waals surface area contributed by atoms with Crippen molar-refractivity contribution in [1.82, 2.24) is 24.8 Å². The monoisotopic (exact) mass is 374 g/mol. The van der Waals surface area contributed by atoms with Crippen molar-refractivity contribution in [2.75, 3.05) is 13.1 Å². The summed E-state index contributed by atoms with van der Waals surface area (Å²) >= 11 is 0. The molecule has 28 heavy (non-hydrogen) atoms. The van der Waals surface area contributed by atoms with Crippen LogP contribution in [0.25, 0.3) is 28.0 Å². The Hall–Kier alpha value is -3.29. The Bertz CT molecular complexity index is 1120. The van der Waals surface area contributed by atoms with E-state index in [9.17, 15) is 4.79 Å². The molecular weight excluding hydrogens is 352 g/mol. The van der Waals surface area contributed by atoms with Crippen molar-refractivity contribution < 1.29 is 0 Å². The van der Waals surface area contributed by atoms with Gasteiger partial charge in [0.05, 0.1) is 5.69 Å². The second kappa shape index (κ2) is 8.16. The summed E-state index contributed by atoms with van der Waals surface area (Å²) in [5, 5.41) is 4.22. The summed E-state index contributed by atoms with van der Waals surface area (Å²) in [6, 6.07) is 13.7. The first-order valence-electron chi connectivity index (χ1n) is 9.27. The molecule has 3 heterocycles. The maximum Gasteiger partial charge on any atom is 0.354 e. The summed E-state index contributed by atoms with van der Waals surface area (Å²) in [6.07, 6.45) is 6.25. The Morgan fingerprint density at radius 1 is 1.11 bits per heavy atom. The van der Waals surface area contributed by atoms with Crippen LogP contribution in [0.5, 0.6) is 0 Å². The predicted molar refractivity (Wildman–Crippen MR) is 110 cm³/mol. The largest absolute Gasteiger partial charge is 0.354 e. The lowest BCUT2D eigenvalue weighted by Gasteiger charge is -2.07. The van der Waals surface area contributed by atoms with Gasteiger partial charge in [-0.2, -0.15) is 4.98 Å². The van der Waals surface area contributed by atoms with Crippen molar-refractivity contribution in [2.45, 2.75) is 13.0 Å². The quantitative estimate of drug-likeness (QED) is 0.431. The number of fused-ring (bicyclic) bond motifs is 1. The normalized spacial score (nSPS) is 11.2. The van der Waals surface area contributed by atoms with E-state index in [1.54, 1.807) is 17.0 Å². The van der Waals surface area contributed by atoms with Crippen LogP contribution in [0.2, 0.25) is 0 Å². The van der Waals surface area contributed by atoms with Crippen LogP contribution in [0.1, 0.15) is 12.0 Å². The van der Waals surface area contributed by atoms with Gasteiger partial charge in [0, 0.05) is 41.8 Å². The zero-order valence-corrected chi connectivity index (χ0v) is 15.4. The molecule has 0 saturated carbocycles. The van der Waals surface area contributed by atoms with Gasteiger partial charge in [-0.15, -0.1) is 0 Å². The second-order valence-electron chi connectivity index (χ2n) is 6.60. The van der Waals surface area contributed by atoms with Gasteiger partial charge in [0.25, 0.3) is 0 Å². The number of aromatic amines is 1. The van der Waals surface area contributed by atoms with Crippen LogP contribution in [0.3, 0.4) is 0 Å². The fourth-order valence-electron chi connectivity index (χ4n) is 3.10. The number of aromatic nitrogens is 4. The molecule has 0 aliphatic heterocycles. The standard InChI is InChI=1S/C21H22N6O/c22-8-1-9-24-13-15-2-4-18(5-3-15)27-14-17-12-19(16-6-10-23-11-7-16)25-20(17)26-21(27)28/h2-7,10-12,14,24H,1,8-9,13,22H2,(H,25,26,28). The number of benzene rings is 1. The lowest BCUT2D eigenvalue weighted by molar-refractivity contribution is 0.655. The molecule has 4 N–H and O–H groups in total. The molecule has 0 unspecified atom stereocenters. The molecule has 0 spiro atoms. The number of hydrogen-bond acceptors (Lipinski definition) is 5. The first-order chi connectivity index (χ1) is 13.7. The summed E-state index contributed by atoms with van der Waals surface area (Å²) in [6.45, 7) is 2.36. The third kappa shape index (κ3) is 3.85. The van der Waals surface area contributed by atoms with E-state index >= 15 is 0 Å². The summed E-state index contributed by atoms with van der Waals surface area (Å²) in [7, 11) is 0. The van der Waals surface area contributed by atoms with Crippen LogP contribution < -0.4 is 16.7 Å². The molecule has 0 saturated heterocycles. The molecule has 3 aromatic heterocycles. The highest BCUT2D eigenvalue weighted by molar-refractivity contribution is 5.82. The van der Waals surface area contributed by atoms with E-state index in [2.05, 4.69) is 20.3 Å². The first kappa shape index (κ1) is 18.1. The maximum absolute atomic E-state index is 12.5. The van der Waals surface area contributed by atoms with E-state index < -0.39 is 0 Å². The molecule has 1 aromatic carbocycles. The molecular formula is C21H22N6O. The minimum atomic E-state index is -0.315. The number of rotatable bonds is 7. The molecule has 7 heteroatoms. The van der Waals surface area contributed by atoms with E-state index in [0.29, 0.717) is 12.2 Å². The van der Waals surface area contributed by atoms with Gasteiger partial charge in [-0.05, 0) is 55.4 Å². The number of pyridine rings is 1. The Kier molecular flexibility index (Phi) is 5.27. The Labute approximate surface area is 162 Å². The van der Waals surface area contributed by atoms with Crippen molar-refractivity contribution in [3.05, 3.63) is 77.1 Å². The molecule has 0 radical (unpaired) electrons. The fourth-order valence-corrected chi connectivity index (χ4v) is 3.10. The average molecular weight is 374 g/mol. The van der Waals surface area contributed by atoms with Crippen LogP contribution in [-0.4, -0.2) is 32.6 Å². The lowest BCUT2D eigenvalue weighted by Crippen LogP contribution is -2.20. The smallest absolute Gasteiger partial charge is 0.339 e. The van der Waals surface area contributed by atoms with E-state index in [4.69, 9.17) is 5.73 Å². The van der Waals surface area contributed by atoms with Gasteiger partial charge >= 0.3 is 5.69 Å². The van der Waals surface area contributed by atoms with Gasteiger partial charge in [-0.1, -0.05) is 12.1 Å². The molecule has 142 valence electrons. The van der Waals surface area contributed by atoms with Crippen molar-refractivity contribution in [3.8, 4) is 16.9 Å². The molecule has 0 aliphatic rings. The number of H-pyrrole nitrogens is 1. The van der Waals surface area contributed by atoms with Crippen molar-refractivity contribution in [2.24, 2.45) is 5.73 Å². The first-order valence-corrected chi connectivity index (χ1v) is 9.27. The highest BCUT2D eigenvalue weighted by atomic mass is 16.1. The van der Waals surface area contributed by atoms with Crippen molar-refractivity contribution in [1.29, 1.82) is 0 Å². The summed E-state index contributed by atoms with van der Waals surface area (Å²) in [4.78, 5) is 23.9. The van der Waals surface area contributed by atoms with Gasteiger partial charge < -0.3 is 16.0 Å². The SMILES string of the molecule is NCCCNCc1ccc(-n2cc3cc(-c4ccncc4)[nH]c3nc2=O)cc1. The molecule has 7 nitrogen and oxygen atoms in total. The van der Waals surface area contributed by atoms with Gasteiger partial charge in [0.1, 0.15) is 5.65 Å². The number of nitrogens with two attached hydrogens (primary N) is 1. The van der Waals surface area contributed by atoms with E-state index in [0.717, 1.165) is 47.4 Å². The highest BCUT2D eigenvalue weighted by Gasteiger charge is 2.09. The third-order valence-corrected chi connectivity index (χ3v) is 4.60. The molecule has 0 bridgehead atoms.